The Bertz CT molecular complexity index is 5970. The van der Waals surface area contributed by atoms with Gasteiger partial charge in [-0.25, -0.2) is 0 Å². The monoisotopic (exact) mass is 2020 g/mol. The van der Waals surface area contributed by atoms with Crippen LogP contribution in [-0.2, 0) is 6.42 Å². The lowest BCUT2D eigenvalue weighted by molar-refractivity contribution is 1.18. The second-order valence-corrected chi connectivity index (χ2v) is 40.1. The van der Waals surface area contributed by atoms with Crippen molar-refractivity contribution in [1.82, 2.24) is 0 Å². The SMILES string of the molecule is C.C.C/C(=C\c1cc(C)c(C)c(C)c1)c1cc(C)c(C)c(C)c1.Cc1c(C)c(Br)c(-c2c(Br)c(C)c(C)c(C)c2Br)c(Br)c1C.Cc1cc(-c2cc(C)c(C)c(C)c2)cc(C)c1C.Cc1ccc(-c2ccc(C)c(C)c2)cc1C.Cc1ccc(-c2ccc(C)cc2)cc1.Cc1ccc(C)c(C)c1.Cc1ccc(C)cc1.Cc1ccc(Cc2ccc(C)cc2)cc1.Cc1cccc(C)c1. The normalized spacial score (nSPS) is 10.4. The third-order valence-electron chi connectivity index (χ3n) is 26.1. The second-order valence-electron chi connectivity index (χ2n) is 36.9. The summed E-state index contributed by atoms with van der Waals surface area (Å²) >= 11 is 15.3. The van der Waals surface area contributed by atoms with Gasteiger partial charge < -0.3 is 0 Å². The number of hydrogen-bond acceptors (Lipinski definition) is 0. The summed E-state index contributed by atoms with van der Waals surface area (Å²) in [5, 5.41) is 0. The molecule has 0 aromatic heterocycles. The zero-order valence-corrected chi connectivity index (χ0v) is 91.8. The Balaban J connectivity index is 0.000000269. The highest BCUT2D eigenvalue weighted by molar-refractivity contribution is 9.11. The van der Waals surface area contributed by atoms with E-state index in [1.807, 2.05) is 0 Å². The first kappa shape index (κ1) is 113. The highest BCUT2D eigenvalue weighted by atomic mass is 79.9. The van der Waals surface area contributed by atoms with E-state index in [-0.39, 0.29) is 14.9 Å². The Kier molecular flexibility index (Phi) is 45.5. The molecule has 0 N–H and O–H groups in total. The molecule has 0 unspecified atom stereocenters. The van der Waals surface area contributed by atoms with Gasteiger partial charge in [-0.2, -0.15) is 0 Å². The number of hydrogen-bond donors (Lipinski definition) is 0. The molecule has 0 aliphatic rings. The molecule has 15 rings (SSSR count). The molecule has 0 amide bonds. The van der Waals surface area contributed by atoms with Crippen LogP contribution in [-0.4, -0.2) is 0 Å². The molecule has 0 nitrogen and oxygen atoms in total. The maximum Gasteiger partial charge on any atom is 0.0297 e. The molecule has 4 heteroatoms. The molecule has 0 spiro atoms. The van der Waals surface area contributed by atoms with Gasteiger partial charge in [-0.3, -0.25) is 0 Å². The molecule has 0 saturated heterocycles. The van der Waals surface area contributed by atoms with Crippen LogP contribution in [0.4, 0.5) is 0 Å². The summed E-state index contributed by atoms with van der Waals surface area (Å²) in [5.41, 5.74) is 61.4. The fourth-order valence-electron chi connectivity index (χ4n) is 15.1. The van der Waals surface area contributed by atoms with Crippen molar-refractivity contribution in [1.29, 1.82) is 0 Å². The molecule has 15 aromatic carbocycles. The standard InChI is InChI=1S/C21H26.C18H18Br4.C18H22.C16H18.C15H16.C14H14.C9H12.2C8H10.2CH4/c1-13-8-20(9-14(2)18(13)6)10-17(5)21-11-15(3)19(7)16(4)12-21;1-7-9(3)15(19)13(16(20)10(7)4)14-17(21)11(5)8(2)12(6)18(14)22;1-11-7-17(8-12(2)15(11)5)18-9-13(3)16(6)14(4)10-18;1-11-5-7-15(9-13(11)3)16-8-6-12(2)14(4)10-16;1-12-3-7-14(8-4-12)11-15-9-5-13(2)6-10-15;1-11-3-7-13(8-4-11)14-9-5-12(2)6-10-14;1-7-4-5-8(2)9(3)6-7;1-7-3-5-8(2)6-4-7;1-7-4-3-5-8(2)6-7;;/h8-12H,1-7H3;1-6H3;7-10H,1-6H3;5-10H,1-4H3;3-10H,11H2,1-2H3;3-10H,1-2H3;4-6H,1-3H3;2*3-6H,1-2H3;2*1H4/b17-10+;;;;;;;;;;. The summed E-state index contributed by atoms with van der Waals surface area (Å²) in [4.78, 5) is 0. The average Bonchev–Trinajstić information content (AvgIpc) is 0.748. The van der Waals surface area contributed by atoms with E-state index < -0.39 is 0 Å². The molecule has 0 aliphatic heterocycles. The van der Waals surface area contributed by atoms with Crippen molar-refractivity contribution in [3.8, 4) is 44.5 Å². The molecule has 15 aromatic rings. The van der Waals surface area contributed by atoms with Crippen LogP contribution in [0.1, 0.15) is 228 Å². The fourth-order valence-corrected chi connectivity index (χ4v) is 18.4. The zero-order valence-electron chi connectivity index (χ0n) is 85.5. The maximum atomic E-state index is 3.82. The van der Waals surface area contributed by atoms with Crippen molar-refractivity contribution < 1.29 is 0 Å². The third-order valence-corrected chi connectivity index (χ3v) is 30.0. The van der Waals surface area contributed by atoms with E-state index in [1.165, 1.54) is 256 Å². The first-order valence-electron chi connectivity index (χ1n) is 46.1. The largest absolute Gasteiger partial charge is 0.0776 e. The molecular formula is C129H154Br4. The Hall–Kier alpha value is -10.0. The quantitative estimate of drug-likeness (QED) is 0.133. The van der Waals surface area contributed by atoms with Gasteiger partial charge in [0, 0.05) is 29.0 Å². The van der Waals surface area contributed by atoms with Crippen LogP contribution in [0.2, 0.25) is 0 Å². The summed E-state index contributed by atoms with van der Waals surface area (Å²) < 4.78 is 4.58. The predicted octanol–water partition coefficient (Wildman–Crippen LogP) is 40.5. The minimum atomic E-state index is 0. The summed E-state index contributed by atoms with van der Waals surface area (Å²) in [5.74, 6) is 0. The van der Waals surface area contributed by atoms with Gasteiger partial charge in [0.05, 0.1) is 0 Å². The molecule has 698 valence electrons. The van der Waals surface area contributed by atoms with E-state index >= 15 is 0 Å². The van der Waals surface area contributed by atoms with Crippen LogP contribution < -0.4 is 0 Å². The first-order chi connectivity index (χ1) is 61.6. The molecule has 0 fully saturated rings. The fraction of sp³-hybridized carbons (Fsp3) is 0.287. The van der Waals surface area contributed by atoms with Gasteiger partial charge >= 0.3 is 0 Å². The van der Waals surface area contributed by atoms with E-state index in [0.29, 0.717) is 0 Å². The number of rotatable bonds is 8. The van der Waals surface area contributed by atoms with Crippen molar-refractivity contribution in [2.45, 2.75) is 257 Å². The Morgan fingerprint density at radius 3 is 0.684 bits per heavy atom. The van der Waals surface area contributed by atoms with Crippen LogP contribution in [0.5, 0.6) is 0 Å². The van der Waals surface area contributed by atoms with E-state index in [0.717, 1.165) is 24.3 Å². The van der Waals surface area contributed by atoms with Crippen LogP contribution in [0.25, 0.3) is 56.2 Å². The second kappa shape index (κ2) is 53.3. The summed E-state index contributed by atoms with van der Waals surface area (Å²) in [6.45, 7) is 73.4. The van der Waals surface area contributed by atoms with Gasteiger partial charge in [0.2, 0.25) is 0 Å². The number of halogens is 4. The first-order valence-corrected chi connectivity index (χ1v) is 49.2. The molecule has 0 saturated carbocycles. The molecule has 0 radical (unpaired) electrons. The van der Waals surface area contributed by atoms with Gasteiger partial charge in [0.1, 0.15) is 0 Å². The van der Waals surface area contributed by atoms with Crippen LogP contribution >= 0.6 is 63.7 Å². The lowest BCUT2D eigenvalue weighted by Crippen LogP contribution is -1.99. The van der Waals surface area contributed by atoms with Crippen LogP contribution in [0.15, 0.2) is 267 Å². The van der Waals surface area contributed by atoms with Crippen molar-refractivity contribution in [3.63, 3.8) is 0 Å². The minimum Gasteiger partial charge on any atom is -0.0776 e. The van der Waals surface area contributed by atoms with Gasteiger partial charge in [0.25, 0.3) is 0 Å². The highest BCUT2D eigenvalue weighted by Crippen LogP contribution is 2.49. The maximum absolute atomic E-state index is 3.82. The Morgan fingerprint density at radius 2 is 0.421 bits per heavy atom. The van der Waals surface area contributed by atoms with Crippen molar-refractivity contribution in [2.24, 2.45) is 0 Å². The molecular weight excluding hydrogens is 1870 g/mol. The van der Waals surface area contributed by atoms with Crippen molar-refractivity contribution >= 4 is 75.4 Å². The van der Waals surface area contributed by atoms with Crippen molar-refractivity contribution in [3.05, 3.63) is 472 Å². The third kappa shape index (κ3) is 33.5. The van der Waals surface area contributed by atoms with Crippen LogP contribution in [0, 0.1) is 228 Å². The molecule has 0 bridgehead atoms. The van der Waals surface area contributed by atoms with E-state index in [9.17, 15) is 0 Å². The lowest BCUT2D eigenvalue weighted by Gasteiger charge is -2.22. The average molecular weight is 2020 g/mol. The van der Waals surface area contributed by atoms with Gasteiger partial charge in [-0.15, -0.1) is 0 Å². The predicted molar refractivity (Wildman–Crippen MR) is 610 cm³/mol. The highest BCUT2D eigenvalue weighted by Gasteiger charge is 2.24. The van der Waals surface area contributed by atoms with Crippen molar-refractivity contribution in [2.75, 3.05) is 0 Å². The van der Waals surface area contributed by atoms with Gasteiger partial charge in [-0.05, 0) is 500 Å². The Labute approximate surface area is 841 Å². The van der Waals surface area contributed by atoms with Crippen LogP contribution in [0.3, 0.4) is 0 Å². The topological polar surface area (TPSA) is 0 Å². The van der Waals surface area contributed by atoms with E-state index in [1.54, 1.807) is 0 Å². The van der Waals surface area contributed by atoms with Gasteiger partial charge in [-0.1, -0.05) is 320 Å². The Morgan fingerprint density at radius 1 is 0.195 bits per heavy atom. The molecule has 0 aliphatic carbocycles. The number of allylic oxidation sites excluding steroid dienone is 1. The lowest BCUT2D eigenvalue weighted by atomic mass is 9.92. The van der Waals surface area contributed by atoms with E-state index in [4.69, 9.17) is 0 Å². The number of benzene rings is 15. The van der Waals surface area contributed by atoms with E-state index in [2.05, 4.69) is 554 Å². The zero-order chi connectivity index (χ0) is 97.3. The molecule has 133 heavy (non-hydrogen) atoms. The minimum absolute atomic E-state index is 0. The van der Waals surface area contributed by atoms with Gasteiger partial charge in [0.15, 0.2) is 0 Å². The molecule has 0 atom stereocenters. The molecule has 0 heterocycles. The number of aryl methyl sites for hydroxylation is 23. The smallest absolute Gasteiger partial charge is 0.0297 e. The summed E-state index contributed by atoms with van der Waals surface area (Å²) in [7, 11) is 0. The summed E-state index contributed by atoms with van der Waals surface area (Å²) in [6, 6.07) is 89.8. The summed E-state index contributed by atoms with van der Waals surface area (Å²) in [6.07, 6.45) is 3.32.